The first-order valence-electron chi connectivity index (χ1n) is 8.37. The summed E-state index contributed by atoms with van der Waals surface area (Å²) in [6.07, 6.45) is 6.41. The highest BCUT2D eigenvalue weighted by Gasteiger charge is 2.25. The lowest BCUT2D eigenvalue weighted by Crippen LogP contribution is -2.18. The summed E-state index contributed by atoms with van der Waals surface area (Å²) >= 11 is 0. The molecule has 1 fully saturated rings. The number of fused-ring (bicyclic) bond motifs is 1. The van der Waals surface area contributed by atoms with Crippen LogP contribution in [0.3, 0.4) is 0 Å². The molecule has 1 aliphatic rings. The predicted molar refractivity (Wildman–Crippen MR) is 87.7 cm³/mol. The highest BCUT2D eigenvalue weighted by atomic mass is 19.1. The summed E-state index contributed by atoms with van der Waals surface area (Å²) in [5.74, 6) is 0.519. The first-order chi connectivity index (χ1) is 11.2. The van der Waals surface area contributed by atoms with Crippen molar-refractivity contribution in [1.82, 2.24) is 4.98 Å². The van der Waals surface area contributed by atoms with Gasteiger partial charge in [-0.05, 0) is 74.3 Å². The second-order valence-electron chi connectivity index (χ2n) is 6.29. The number of rotatable bonds is 4. The third-order valence-electron chi connectivity index (χ3n) is 4.78. The maximum absolute atomic E-state index is 13.6. The zero-order chi connectivity index (χ0) is 16.2. The molecule has 23 heavy (non-hydrogen) atoms. The van der Waals surface area contributed by atoms with Crippen LogP contribution in [0.25, 0.3) is 10.9 Å². The van der Waals surface area contributed by atoms with Crippen LogP contribution in [0, 0.1) is 11.7 Å². The van der Waals surface area contributed by atoms with Crippen LogP contribution in [-0.4, -0.2) is 17.6 Å². The van der Waals surface area contributed by atoms with E-state index in [1.165, 1.54) is 11.6 Å². The number of aromatic nitrogens is 1. The first kappa shape index (κ1) is 15.9. The van der Waals surface area contributed by atoms with Gasteiger partial charge in [-0.1, -0.05) is 0 Å². The minimum Gasteiger partial charge on any atom is -0.466 e. The number of carbonyl (C=O) groups is 1. The summed E-state index contributed by atoms with van der Waals surface area (Å²) in [4.78, 5) is 15.9. The fourth-order valence-corrected chi connectivity index (χ4v) is 3.63. The molecule has 0 radical (unpaired) electrons. The number of hydrogen-bond acceptors (Lipinski definition) is 3. The Bertz CT molecular complexity index is 693. The summed E-state index contributed by atoms with van der Waals surface area (Å²) in [6.45, 7) is 2.28. The van der Waals surface area contributed by atoms with E-state index in [1.807, 2.05) is 13.0 Å². The molecular weight excluding hydrogens is 293 g/mol. The Hall–Kier alpha value is -1.97. The summed E-state index contributed by atoms with van der Waals surface area (Å²) in [6, 6.07) is 6.79. The van der Waals surface area contributed by atoms with Gasteiger partial charge < -0.3 is 4.74 Å². The topological polar surface area (TPSA) is 39.2 Å². The van der Waals surface area contributed by atoms with Gasteiger partial charge in [0.05, 0.1) is 12.1 Å². The van der Waals surface area contributed by atoms with Gasteiger partial charge in [-0.3, -0.25) is 9.78 Å². The molecule has 1 heterocycles. The fraction of sp³-hybridized carbons (Fsp3) is 0.474. The molecule has 122 valence electrons. The van der Waals surface area contributed by atoms with Crippen molar-refractivity contribution in [1.29, 1.82) is 0 Å². The van der Waals surface area contributed by atoms with Gasteiger partial charge in [0.25, 0.3) is 0 Å². The summed E-state index contributed by atoms with van der Waals surface area (Å²) < 4.78 is 18.6. The van der Waals surface area contributed by atoms with Crippen molar-refractivity contribution in [3.05, 3.63) is 41.8 Å². The van der Waals surface area contributed by atoms with Crippen molar-refractivity contribution >= 4 is 16.9 Å². The van der Waals surface area contributed by atoms with Crippen LogP contribution in [0.15, 0.2) is 30.5 Å². The number of hydrogen-bond donors (Lipinski definition) is 0. The third-order valence-corrected chi connectivity index (χ3v) is 4.78. The van der Waals surface area contributed by atoms with Gasteiger partial charge in [-0.2, -0.15) is 0 Å². The number of ether oxygens (including phenoxy) is 1. The molecule has 2 aromatic rings. The highest BCUT2D eigenvalue weighted by Crippen LogP contribution is 2.39. The molecule has 1 saturated carbocycles. The van der Waals surface area contributed by atoms with Crippen LogP contribution in [-0.2, 0) is 9.53 Å². The monoisotopic (exact) mass is 315 g/mol. The van der Waals surface area contributed by atoms with Gasteiger partial charge >= 0.3 is 5.97 Å². The maximum Gasteiger partial charge on any atom is 0.306 e. The SMILES string of the molecule is CCOC(=O)C[C@H]1CC[C@@H](c2ccnc3ccc(F)cc32)CC1. The number of halogens is 1. The largest absolute Gasteiger partial charge is 0.466 e. The molecule has 0 aliphatic heterocycles. The number of pyridine rings is 1. The first-order valence-corrected chi connectivity index (χ1v) is 8.37. The summed E-state index contributed by atoms with van der Waals surface area (Å²) in [5.41, 5.74) is 2.03. The van der Waals surface area contributed by atoms with Gasteiger partial charge in [-0.15, -0.1) is 0 Å². The van der Waals surface area contributed by atoms with E-state index in [2.05, 4.69) is 4.98 Å². The number of carbonyl (C=O) groups excluding carboxylic acids is 1. The van der Waals surface area contributed by atoms with Crippen molar-refractivity contribution in [3.8, 4) is 0 Å². The van der Waals surface area contributed by atoms with E-state index in [0.717, 1.165) is 36.6 Å². The fourth-order valence-electron chi connectivity index (χ4n) is 3.63. The van der Waals surface area contributed by atoms with E-state index < -0.39 is 0 Å². The van der Waals surface area contributed by atoms with Gasteiger partial charge in [0.15, 0.2) is 0 Å². The normalized spacial score (nSPS) is 21.3. The van der Waals surface area contributed by atoms with Crippen molar-refractivity contribution in [3.63, 3.8) is 0 Å². The van der Waals surface area contributed by atoms with Crippen molar-refractivity contribution in [2.75, 3.05) is 6.61 Å². The van der Waals surface area contributed by atoms with Gasteiger partial charge in [0.2, 0.25) is 0 Å². The Morgan fingerprint density at radius 1 is 1.26 bits per heavy atom. The molecule has 0 atom stereocenters. The molecule has 1 aromatic heterocycles. The molecule has 1 aromatic carbocycles. The number of nitrogens with zero attached hydrogens (tertiary/aromatic N) is 1. The van der Waals surface area contributed by atoms with Gasteiger partial charge in [0.1, 0.15) is 5.82 Å². The highest BCUT2D eigenvalue weighted by molar-refractivity contribution is 5.82. The second-order valence-corrected chi connectivity index (χ2v) is 6.29. The summed E-state index contributed by atoms with van der Waals surface area (Å²) in [5, 5.41) is 0.918. The lowest BCUT2D eigenvalue weighted by molar-refractivity contribution is -0.144. The van der Waals surface area contributed by atoms with Crippen LogP contribution in [0.1, 0.15) is 50.5 Å². The minimum absolute atomic E-state index is 0.0904. The summed E-state index contributed by atoms with van der Waals surface area (Å²) in [7, 11) is 0. The lowest BCUT2D eigenvalue weighted by atomic mass is 9.77. The van der Waals surface area contributed by atoms with Crippen LogP contribution < -0.4 is 0 Å². The minimum atomic E-state index is -0.220. The molecule has 0 N–H and O–H groups in total. The average Bonchev–Trinajstić information content (AvgIpc) is 2.55. The standard InChI is InChI=1S/C19H22FNO2/c1-2-23-19(22)11-13-3-5-14(6-4-13)16-9-10-21-18-8-7-15(20)12-17(16)18/h7-10,12-14H,2-6,11H2,1H3/t13-,14+. The lowest BCUT2D eigenvalue weighted by Gasteiger charge is -2.28. The Kier molecular flexibility index (Phi) is 4.89. The second kappa shape index (κ2) is 7.07. The van der Waals surface area contributed by atoms with Crippen LogP contribution in [0.5, 0.6) is 0 Å². The van der Waals surface area contributed by atoms with E-state index in [0.29, 0.717) is 24.9 Å². The van der Waals surface area contributed by atoms with Crippen LogP contribution >= 0.6 is 0 Å². The Labute approximate surface area is 135 Å². The molecule has 0 unspecified atom stereocenters. The average molecular weight is 315 g/mol. The molecule has 0 bridgehead atoms. The molecule has 3 rings (SSSR count). The predicted octanol–water partition coefficient (Wildman–Crippen LogP) is 4.60. The van der Waals surface area contributed by atoms with Crippen LogP contribution in [0.4, 0.5) is 4.39 Å². The Morgan fingerprint density at radius 3 is 2.78 bits per heavy atom. The number of benzene rings is 1. The van der Waals surface area contributed by atoms with Gasteiger partial charge in [0, 0.05) is 18.0 Å². The molecule has 4 heteroatoms. The molecule has 0 saturated heterocycles. The van der Waals surface area contributed by atoms with Crippen molar-refractivity contribution < 1.29 is 13.9 Å². The zero-order valence-electron chi connectivity index (χ0n) is 13.4. The van der Waals surface area contributed by atoms with Crippen molar-refractivity contribution in [2.45, 2.75) is 44.9 Å². The van der Waals surface area contributed by atoms with E-state index in [9.17, 15) is 9.18 Å². The Balaban J connectivity index is 1.71. The van der Waals surface area contributed by atoms with Gasteiger partial charge in [-0.25, -0.2) is 4.39 Å². The zero-order valence-corrected chi connectivity index (χ0v) is 13.4. The molecule has 0 spiro atoms. The third kappa shape index (κ3) is 3.69. The van der Waals surface area contributed by atoms with E-state index in [-0.39, 0.29) is 11.8 Å². The van der Waals surface area contributed by atoms with Crippen LogP contribution in [0.2, 0.25) is 0 Å². The van der Waals surface area contributed by atoms with E-state index >= 15 is 0 Å². The van der Waals surface area contributed by atoms with Crippen molar-refractivity contribution in [2.24, 2.45) is 5.92 Å². The van der Waals surface area contributed by atoms with E-state index in [1.54, 1.807) is 18.3 Å². The molecule has 1 aliphatic carbocycles. The molecular formula is C19H22FNO2. The maximum atomic E-state index is 13.6. The number of esters is 1. The smallest absolute Gasteiger partial charge is 0.306 e. The van der Waals surface area contributed by atoms with E-state index in [4.69, 9.17) is 4.74 Å². The quantitative estimate of drug-likeness (QED) is 0.774. The molecule has 0 amide bonds. The Morgan fingerprint density at radius 2 is 2.04 bits per heavy atom. The molecule has 3 nitrogen and oxygen atoms in total.